The summed E-state index contributed by atoms with van der Waals surface area (Å²) in [4.78, 5) is 32.6. The van der Waals surface area contributed by atoms with E-state index in [9.17, 15) is 14.4 Å². The Balaban J connectivity index is 2.07. The molecule has 1 rings (SSSR count). The van der Waals surface area contributed by atoms with Crippen molar-refractivity contribution < 1.29 is 19.5 Å². The first-order chi connectivity index (χ1) is 9.49. The van der Waals surface area contributed by atoms with Crippen molar-refractivity contribution in [2.75, 3.05) is 19.6 Å². The smallest absolute Gasteiger partial charge is 0.314 e. The molecule has 6 N–H and O–H groups in total. The minimum absolute atomic E-state index is 0.236. The van der Waals surface area contributed by atoms with Crippen molar-refractivity contribution in [3.63, 3.8) is 0 Å². The number of primary amides is 1. The highest BCUT2D eigenvalue weighted by atomic mass is 16.4. The quantitative estimate of drug-likeness (QED) is 0.434. The molecular formula is C12H22N4O4. The van der Waals surface area contributed by atoms with Crippen LogP contribution in [-0.4, -0.2) is 42.8 Å². The average molecular weight is 286 g/mol. The molecule has 0 atom stereocenters. The van der Waals surface area contributed by atoms with Gasteiger partial charge in [0.15, 0.2) is 0 Å². The van der Waals surface area contributed by atoms with Gasteiger partial charge in [0, 0.05) is 19.6 Å². The fourth-order valence-electron chi connectivity index (χ4n) is 2.27. The zero-order chi connectivity index (χ0) is 15.0. The number of rotatable bonds is 6. The van der Waals surface area contributed by atoms with E-state index >= 15 is 0 Å². The number of carbonyl (C=O) groups is 3. The van der Waals surface area contributed by atoms with Gasteiger partial charge < -0.3 is 26.8 Å². The van der Waals surface area contributed by atoms with Crippen LogP contribution in [0.3, 0.4) is 0 Å². The van der Waals surface area contributed by atoms with E-state index in [1.54, 1.807) is 0 Å². The molecule has 8 nitrogen and oxygen atoms in total. The van der Waals surface area contributed by atoms with Crippen molar-refractivity contribution in [2.24, 2.45) is 17.6 Å². The highest BCUT2D eigenvalue weighted by molar-refractivity contribution is 5.74. The third kappa shape index (κ3) is 6.26. The van der Waals surface area contributed by atoms with E-state index in [4.69, 9.17) is 10.8 Å². The zero-order valence-electron chi connectivity index (χ0n) is 11.4. The Labute approximate surface area is 117 Å². The van der Waals surface area contributed by atoms with Crippen LogP contribution in [-0.2, 0) is 4.79 Å². The van der Waals surface area contributed by atoms with Crippen molar-refractivity contribution in [3.05, 3.63) is 0 Å². The molecule has 0 aromatic rings. The number of amides is 4. The van der Waals surface area contributed by atoms with Crippen LogP contribution < -0.4 is 21.7 Å². The molecule has 0 saturated heterocycles. The highest BCUT2D eigenvalue weighted by Gasteiger charge is 2.25. The molecule has 0 heterocycles. The molecule has 4 amide bonds. The molecule has 0 unspecified atom stereocenters. The molecule has 0 spiro atoms. The van der Waals surface area contributed by atoms with Crippen molar-refractivity contribution in [1.29, 1.82) is 0 Å². The van der Waals surface area contributed by atoms with Gasteiger partial charge in [-0.1, -0.05) is 0 Å². The van der Waals surface area contributed by atoms with E-state index in [1.807, 2.05) is 0 Å². The monoisotopic (exact) mass is 286 g/mol. The maximum absolute atomic E-state index is 11.4. The molecule has 8 heteroatoms. The summed E-state index contributed by atoms with van der Waals surface area (Å²) in [5, 5.41) is 16.6. The molecule has 1 fully saturated rings. The van der Waals surface area contributed by atoms with Gasteiger partial charge >= 0.3 is 18.0 Å². The van der Waals surface area contributed by atoms with E-state index in [0.29, 0.717) is 31.8 Å². The fraction of sp³-hybridized carbons (Fsp3) is 0.750. The number of carboxylic acids is 1. The Bertz CT molecular complexity index is 353. The molecule has 1 aliphatic rings. The number of nitrogens with one attached hydrogen (secondary N) is 3. The van der Waals surface area contributed by atoms with E-state index in [-0.39, 0.29) is 18.5 Å². The number of aliphatic carboxylic acids is 1. The number of urea groups is 2. The van der Waals surface area contributed by atoms with Crippen LogP contribution in [0.15, 0.2) is 0 Å². The summed E-state index contributed by atoms with van der Waals surface area (Å²) in [7, 11) is 0. The number of nitrogens with two attached hydrogens (primary N) is 1. The second-order valence-corrected chi connectivity index (χ2v) is 4.98. The van der Waals surface area contributed by atoms with Gasteiger partial charge in [-0.25, -0.2) is 9.59 Å². The normalized spacial score (nSPS) is 21.8. The van der Waals surface area contributed by atoms with Crippen LogP contribution >= 0.6 is 0 Å². The number of carboxylic acid groups (broad SMARTS) is 1. The van der Waals surface area contributed by atoms with Crippen LogP contribution in [0.2, 0.25) is 0 Å². The molecule has 0 aliphatic heterocycles. The largest absolute Gasteiger partial charge is 0.481 e. The maximum Gasteiger partial charge on any atom is 0.314 e. The summed E-state index contributed by atoms with van der Waals surface area (Å²) in [5.41, 5.74) is 4.88. The molecule has 0 radical (unpaired) electrons. The Morgan fingerprint density at radius 2 is 1.60 bits per heavy atom. The molecule has 0 aromatic carbocycles. The first-order valence-electron chi connectivity index (χ1n) is 6.77. The number of hydrogen-bond acceptors (Lipinski definition) is 3. The lowest BCUT2D eigenvalue weighted by Crippen LogP contribution is -2.43. The van der Waals surface area contributed by atoms with Crippen LogP contribution in [0.1, 0.15) is 25.7 Å². The first kappa shape index (κ1) is 16.1. The van der Waals surface area contributed by atoms with Crippen molar-refractivity contribution in [1.82, 2.24) is 16.0 Å². The summed E-state index contributed by atoms with van der Waals surface area (Å²) in [6.07, 6.45) is 2.98. The van der Waals surface area contributed by atoms with Gasteiger partial charge in [-0.2, -0.15) is 0 Å². The van der Waals surface area contributed by atoms with Gasteiger partial charge in [0.05, 0.1) is 5.92 Å². The lowest BCUT2D eigenvalue weighted by molar-refractivity contribution is -0.143. The molecule has 114 valence electrons. The Morgan fingerprint density at radius 3 is 2.15 bits per heavy atom. The predicted molar refractivity (Wildman–Crippen MR) is 72.1 cm³/mol. The minimum Gasteiger partial charge on any atom is -0.481 e. The topological polar surface area (TPSA) is 134 Å². The van der Waals surface area contributed by atoms with Gasteiger partial charge in [-0.3, -0.25) is 4.79 Å². The van der Waals surface area contributed by atoms with Gasteiger partial charge in [-0.15, -0.1) is 0 Å². The SMILES string of the molecule is NC(=O)NCCNC(=O)NCC1CCC(C(=O)O)CC1. The Kier molecular flexibility index (Phi) is 6.61. The molecule has 0 aromatic heterocycles. The van der Waals surface area contributed by atoms with Gasteiger partial charge in [0.2, 0.25) is 0 Å². The summed E-state index contributed by atoms with van der Waals surface area (Å²) < 4.78 is 0. The van der Waals surface area contributed by atoms with Crippen LogP contribution in [0.25, 0.3) is 0 Å². The second-order valence-electron chi connectivity index (χ2n) is 4.98. The summed E-state index contributed by atoms with van der Waals surface area (Å²) in [5.74, 6) is -0.629. The lowest BCUT2D eigenvalue weighted by atomic mass is 9.82. The standard InChI is InChI=1S/C12H22N4O4/c13-11(19)14-5-6-15-12(20)16-7-8-1-3-9(4-2-8)10(17)18/h8-9H,1-7H2,(H,17,18)(H3,13,14,19)(H2,15,16,20). The number of hydrogen-bond donors (Lipinski definition) is 5. The summed E-state index contributed by atoms with van der Waals surface area (Å²) >= 11 is 0. The van der Waals surface area contributed by atoms with Crippen LogP contribution in [0.5, 0.6) is 0 Å². The van der Waals surface area contributed by atoms with E-state index < -0.39 is 12.0 Å². The average Bonchev–Trinajstić information content (AvgIpc) is 2.41. The second kappa shape index (κ2) is 8.23. The third-order valence-corrected chi connectivity index (χ3v) is 3.46. The van der Waals surface area contributed by atoms with Crippen molar-refractivity contribution >= 4 is 18.0 Å². The fourth-order valence-corrected chi connectivity index (χ4v) is 2.27. The summed E-state index contributed by atoms with van der Waals surface area (Å²) in [6, 6.07) is -0.918. The van der Waals surface area contributed by atoms with Gasteiger partial charge in [-0.05, 0) is 31.6 Å². The van der Waals surface area contributed by atoms with Gasteiger partial charge in [0.25, 0.3) is 0 Å². The van der Waals surface area contributed by atoms with Crippen molar-refractivity contribution in [2.45, 2.75) is 25.7 Å². The first-order valence-corrected chi connectivity index (χ1v) is 6.77. The van der Waals surface area contributed by atoms with E-state index in [2.05, 4.69) is 16.0 Å². The van der Waals surface area contributed by atoms with E-state index in [0.717, 1.165) is 12.8 Å². The Hall–Kier alpha value is -1.99. The van der Waals surface area contributed by atoms with Crippen LogP contribution in [0.4, 0.5) is 9.59 Å². The predicted octanol–water partition coefficient (Wildman–Crippen LogP) is -0.155. The molecule has 1 aliphatic carbocycles. The van der Waals surface area contributed by atoms with Gasteiger partial charge in [0.1, 0.15) is 0 Å². The van der Waals surface area contributed by atoms with E-state index in [1.165, 1.54) is 0 Å². The van der Waals surface area contributed by atoms with Crippen LogP contribution in [0, 0.1) is 11.8 Å². The third-order valence-electron chi connectivity index (χ3n) is 3.46. The Morgan fingerprint density at radius 1 is 1.00 bits per heavy atom. The molecular weight excluding hydrogens is 264 g/mol. The van der Waals surface area contributed by atoms with Crippen molar-refractivity contribution in [3.8, 4) is 0 Å². The summed E-state index contributed by atoms with van der Waals surface area (Å²) in [6.45, 7) is 1.13. The molecule has 20 heavy (non-hydrogen) atoms. The molecule has 1 saturated carbocycles. The molecule has 0 bridgehead atoms. The maximum atomic E-state index is 11.4. The lowest BCUT2D eigenvalue weighted by Gasteiger charge is -2.26. The number of carbonyl (C=O) groups excluding carboxylic acids is 2. The zero-order valence-corrected chi connectivity index (χ0v) is 11.4. The minimum atomic E-state index is -0.726. The highest BCUT2D eigenvalue weighted by Crippen LogP contribution is 2.28.